The van der Waals surface area contributed by atoms with Crippen LogP contribution in [0.25, 0.3) is 10.9 Å². The molecule has 0 amide bonds. The monoisotopic (exact) mass is 332 g/mol. The van der Waals surface area contributed by atoms with Crippen molar-refractivity contribution in [1.82, 2.24) is 9.71 Å². The molecule has 3 rings (SSSR count). The molecule has 2 aromatic carbocycles. The van der Waals surface area contributed by atoms with Crippen LogP contribution in [0.2, 0.25) is 5.02 Å². The number of aromatic nitrogens is 1. The number of para-hydroxylation sites is 1. The molecule has 0 saturated carbocycles. The molecule has 0 unspecified atom stereocenters. The van der Waals surface area contributed by atoms with Gasteiger partial charge in [0.2, 0.25) is 10.0 Å². The van der Waals surface area contributed by atoms with Crippen LogP contribution >= 0.6 is 11.6 Å². The molecule has 0 spiro atoms. The van der Waals surface area contributed by atoms with Crippen molar-refractivity contribution in [2.24, 2.45) is 0 Å². The van der Waals surface area contributed by atoms with Gasteiger partial charge >= 0.3 is 0 Å². The molecule has 1 aromatic heterocycles. The Kier molecular flexibility index (Phi) is 4.11. The summed E-state index contributed by atoms with van der Waals surface area (Å²) >= 11 is 5.93. The predicted molar refractivity (Wildman–Crippen MR) is 87.2 cm³/mol. The van der Waals surface area contributed by atoms with Crippen LogP contribution in [-0.2, 0) is 16.6 Å². The summed E-state index contributed by atoms with van der Waals surface area (Å²) in [5, 5.41) is 1.21. The quantitative estimate of drug-likeness (QED) is 0.797. The van der Waals surface area contributed by atoms with Crippen molar-refractivity contribution in [3.63, 3.8) is 0 Å². The number of hydrogen-bond acceptors (Lipinski definition) is 3. The zero-order valence-electron chi connectivity index (χ0n) is 11.5. The van der Waals surface area contributed by atoms with Crippen LogP contribution in [0, 0.1) is 0 Å². The molecule has 6 heteroatoms. The van der Waals surface area contributed by atoms with E-state index in [1.165, 1.54) is 6.07 Å². The fourth-order valence-electron chi connectivity index (χ4n) is 2.12. The average molecular weight is 333 g/mol. The van der Waals surface area contributed by atoms with Crippen molar-refractivity contribution in [3.05, 3.63) is 71.4 Å². The van der Waals surface area contributed by atoms with E-state index in [0.717, 1.165) is 10.9 Å². The fraction of sp³-hybridized carbons (Fsp3) is 0.0625. The highest BCUT2D eigenvalue weighted by Gasteiger charge is 2.17. The lowest BCUT2D eigenvalue weighted by Gasteiger charge is -2.08. The third kappa shape index (κ3) is 3.11. The molecular weight excluding hydrogens is 320 g/mol. The van der Waals surface area contributed by atoms with E-state index >= 15 is 0 Å². The SMILES string of the molecule is O=S(=O)(NCc1ccc2ccccc2n1)c1ccccc1Cl. The first-order valence-corrected chi connectivity index (χ1v) is 8.51. The van der Waals surface area contributed by atoms with Gasteiger partial charge in [-0.25, -0.2) is 13.1 Å². The van der Waals surface area contributed by atoms with Gasteiger partial charge < -0.3 is 0 Å². The lowest BCUT2D eigenvalue weighted by atomic mass is 10.2. The highest BCUT2D eigenvalue weighted by molar-refractivity contribution is 7.89. The Morgan fingerprint density at radius 3 is 2.50 bits per heavy atom. The largest absolute Gasteiger partial charge is 0.251 e. The number of hydrogen-bond donors (Lipinski definition) is 1. The van der Waals surface area contributed by atoms with Crippen LogP contribution in [0.1, 0.15) is 5.69 Å². The van der Waals surface area contributed by atoms with Crippen molar-refractivity contribution in [2.75, 3.05) is 0 Å². The molecule has 4 nitrogen and oxygen atoms in total. The van der Waals surface area contributed by atoms with E-state index in [1.807, 2.05) is 30.3 Å². The second-order valence-electron chi connectivity index (χ2n) is 4.75. The van der Waals surface area contributed by atoms with Crippen LogP contribution in [0.4, 0.5) is 0 Å². The number of pyridine rings is 1. The second kappa shape index (κ2) is 6.04. The first-order valence-electron chi connectivity index (χ1n) is 6.65. The molecule has 0 aliphatic rings. The van der Waals surface area contributed by atoms with Crippen LogP contribution in [0.15, 0.2) is 65.6 Å². The van der Waals surface area contributed by atoms with E-state index in [0.29, 0.717) is 5.69 Å². The minimum Gasteiger partial charge on any atom is -0.251 e. The Morgan fingerprint density at radius 2 is 1.68 bits per heavy atom. The Morgan fingerprint density at radius 1 is 0.955 bits per heavy atom. The fourth-order valence-corrected chi connectivity index (χ4v) is 3.63. The normalized spacial score (nSPS) is 11.7. The van der Waals surface area contributed by atoms with Gasteiger partial charge in [0, 0.05) is 5.39 Å². The Balaban J connectivity index is 1.83. The number of nitrogens with one attached hydrogen (secondary N) is 1. The van der Waals surface area contributed by atoms with Gasteiger partial charge in [-0.05, 0) is 24.3 Å². The molecule has 3 aromatic rings. The zero-order chi connectivity index (χ0) is 15.6. The lowest BCUT2D eigenvalue weighted by Crippen LogP contribution is -2.24. The van der Waals surface area contributed by atoms with Gasteiger partial charge in [-0.15, -0.1) is 0 Å². The van der Waals surface area contributed by atoms with Gasteiger partial charge in [0.25, 0.3) is 0 Å². The Labute approximate surface area is 133 Å². The van der Waals surface area contributed by atoms with Gasteiger partial charge in [0.05, 0.1) is 22.8 Å². The zero-order valence-corrected chi connectivity index (χ0v) is 13.1. The van der Waals surface area contributed by atoms with Crippen molar-refractivity contribution in [1.29, 1.82) is 0 Å². The summed E-state index contributed by atoms with van der Waals surface area (Å²) in [6, 6.07) is 17.7. The molecule has 0 aliphatic heterocycles. The maximum Gasteiger partial charge on any atom is 0.242 e. The Bertz CT molecular complexity index is 926. The predicted octanol–water partition coefficient (Wildman–Crippen LogP) is 3.37. The maximum atomic E-state index is 12.3. The molecule has 0 fully saturated rings. The number of sulfonamides is 1. The summed E-state index contributed by atoms with van der Waals surface area (Å²) in [6.07, 6.45) is 0. The van der Waals surface area contributed by atoms with Gasteiger partial charge in [-0.3, -0.25) is 4.98 Å². The van der Waals surface area contributed by atoms with Crippen molar-refractivity contribution < 1.29 is 8.42 Å². The van der Waals surface area contributed by atoms with E-state index in [2.05, 4.69) is 9.71 Å². The highest BCUT2D eigenvalue weighted by Crippen LogP contribution is 2.20. The topological polar surface area (TPSA) is 59.1 Å². The molecular formula is C16H13ClN2O2S. The molecule has 112 valence electrons. The third-order valence-electron chi connectivity index (χ3n) is 3.23. The smallest absolute Gasteiger partial charge is 0.242 e. The van der Waals surface area contributed by atoms with Gasteiger partial charge in [-0.2, -0.15) is 0 Å². The summed E-state index contributed by atoms with van der Waals surface area (Å²) in [6.45, 7) is 0.110. The molecule has 22 heavy (non-hydrogen) atoms. The van der Waals surface area contributed by atoms with E-state index in [1.54, 1.807) is 24.3 Å². The number of benzene rings is 2. The summed E-state index contributed by atoms with van der Waals surface area (Å²) in [5.74, 6) is 0. The lowest BCUT2D eigenvalue weighted by molar-refractivity contribution is 0.580. The maximum absolute atomic E-state index is 12.3. The van der Waals surface area contributed by atoms with Crippen LogP contribution in [0.3, 0.4) is 0 Å². The molecule has 0 atom stereocenters. The molecule has 0 aliphatic carbocycles. The van der Waals surface area contributed by atoms with Gasteiger partial charge in [0.15, 0.2) is 0 Å². The van der Waals surface area contributed by atoms with Crippen LogP contribution in [-0.4, -0.2) is 13.4 Å². The average Bonchev–Trinajstić information content (AvgIpc) is 2.53. The standard InChI is InChI=1S/C16H13ClN2O2S/c17-14-6-2-4-8-16(14)22(20,21)18-11-13-10-9-12-5-1-3-7-15(12)19-13/h1-10,18H,11H2. The van der Waals surface area contributed by atoms with Crippen molar-refractivity contribution in [2.45, 2.75) is 11.4 Å². The molecule has 1 N–H and O–H groups in total. The molecule has 1 heterocycles. The summed E-state index contributed by atoms with van der Waals surface area (Å²) in [7, 11) is -3.66. The minimum atomic E-state index is -3.66. The van der Waals surface area contributed by atoms with Crippen LogP contribution < -0.4 is 4.72 Å². The van der Waals surface area contributed by atoms with Crippen molar-refractivity contribution >= 4 is 32.5 Å². The summed E-state index contributed by atoms with van der Waals surface area (Å²) in [5.41, 5.74) is 1.48. The molecule has 0 saturated heterocycles. The van der Waals surface area contributed by atoms with E-state index in [-0.39, 0.29) is 16.5 Å². The number of rotatable bonds is 4. The third-order valence-corrected chi connectivity index (χ3v) is 5.13. The first kappa shape index (κ1) is 15.0. The number of nitrogens with zero attached hydrogens (tertiary/aromatic N) is 1. The number of fused-ring (bicyclic) bond motifs is 1. The van der Waals surface area contributed by atoms with Crippen LogP contribution in [0.5, 0.6) is 0 Å². The van der Waals surface area contributed by atoms with E-state index in [9.17, 15) is 8.42 Å². The first-order chi connectivity index (χ1) is 10.6. The summed E-state index contributed by atoms with van der Waals surface area (Å²) < 4.78 is 27.1. The number of halogens is 1. The Hall–Kier alpha value is -1.95. The second-order valence-corrected chi connectivity index (χ2v) is 6.89. The minimum absolute atomic E-state index is 0.0671. The van der Waals surface area contributed by atoms with Gasteiger partial charge in [-0.1, -0.05) is 48.0 Å². The van der Waals surface area contributed by atoms with E-state index in [4.69, 9.17) is 11.6 Å². The molecule has 0 radical (unpaired) electrons. The van der Waals surface area contributed by atoms with E-state index < -0.39 is 10.0 Å². The van der Waals surface area contributed by atoms with Gasteiger partial charge in [0.1, 0.15) is 4.90 Å². The summed E-state index contributed by atoms with van der Waals surface area (Å²) in [4.78, 5) is 4.50. The van der Waals surface area contributed by atoms with Crippen molar-refractivity contribution in [3.8, 4) is 0 Å². The molecule has 0 bridgehead atoms. The highest BCUT2D eigenvalue weighted by atomic mass is 35.5.